The van der Waals surface area contributed by atoms with Gasteiger partial charge in [-0.3, -0.25) is 9.59 Å². The predicted molar refractivity (Wildman–Crippen MR) is 107 cm³/mol. The van der Waals surface area contributed by atoms with Gasteiger partial charge in [0, 0.05) is 36.2 Å². The number of esters is 1. The zero-order valence-corrected chi connectivity index (χ0v) is 16.2. The van der Waals surface area contributed by atoms with Gasteiger partial charge in [-0.2, -0.15) is 0 Å². The van der Waals surface area contributed by atoms with Crippen LogP contribution in [0.4, 0.5) is 11.4 Å². The van der Waals surface area contributed by atoms with Crippen molar-refractivity contribution >= 4 is 29.0 Å². The number of piperidine rings is 1. The average molecular weight is 383 g/mol. The molecular weight excluding hydrogens is 358 g/mol. The minimum atomic E-state index is -0.974. The van der Waals surface area contributed by atoms with Crippen LogP contribution < -0.4 is 10.2 Å². The third-order valence-corrected chi connectivity index (χ3v) is 4.82. The molecule has 0 unspecified atom stereocenters. The Morgan fingerprint density at radius 3 is 2.39 bits per heavy atom. The first-order valence-corrected chi connectivity index (χ1v) is 9.50. The molecule has 28 heavy (non-hydrogen) atoms. The van der Waals surface area contributed by atoms with Crippen molar-refractivity contribution in [2.24, 2.45) is 0 Å². The standard InChI is InChI=1S/C21H25N3O4/c1-14(25)16-12-19(22-13-16)21(27)28-15(2)20(26)23-17-6-8-18(9-7-17)24-10-4-3-5-11-24/h6-9,12-13,15,22H,3-5,10-11H2,1-2H3,(H,23,26)/t15-/m1/s1. The number of nitrogens with one attached hydrogen (secondary N) is 2. The molecule has 0 saturated carbocycles. The molecule has 1 aromatic heterocycles. The maximum Gasteiger partial charge on any atom is 0.355 e. The second-order valence-corrected chi connectivity index (χ2v) is 6.99. The molecule has 1 fully saturated rings. The average Bonchev–Trinajstić information content (AvgIpc) is 3.20. The van der Waals surface area contributed by atoms with Gasteiger partial charge in [0.05, 0.1) is 0 Å². The van der Waals surface area contributed by atoms with Crippen molar-refractivity contribution < 1.29 is 19.1 Å². The Morgan fingerprint density at radius 1 is 1.11 bits per heavy atom. The lowest BCUT2D eigenvalue weighted by Gasteiger charge is -2.28. The monoisotopic (exact) mass is 383 g/mol. The molecule has 3 rings (SSSR count). The number of rotatable bonds is 6. The largest absolute Gasteiger partial charge is 0.448 e. The highest BCUT2D eigenvalue weighted by molar-refractivity contribution is 5.99. The van der Waals surface area contributed by atoms with Crippen molar-refractivity contribution in [2.75, 3.05) is 23.3 Å². The highest BCUT2D eigenvalue weighted by Gasteiger charge is 2.21. The molecule has 0 spiro atoms. The number of Topliss-reactive ketones (excluding diaryl/α,β-unsaturated/α-hetero) is 1. The van der Waals surface area contributed by atoms with Crippen LogP contribution >= 0.6 is 0 Å². The third-order valence-electron chi connectivity index (χ3n) is 4.82. The smallest absolute Gasteiger partial charge is 0.355 e. The fourth-order valence-corrected chi connectivity index (χ4v) is 3.14. The van der Waals surface area contributed by atoms with E-state index in [1.165, 1.54) is 45.4 Å². The van der Waals surface area contributed by atoms with E-state index in [0.29, 0.717) is 11.3 Å². The Balaban J connectivity index is 1.54. The molecule has 0 aliphatic carbocycles. The quantitative estimate of drug-likeness (QED) is 0.589. The summed E-state index contributed by atoms with van der Waals surface area (Å²) in [5, 5.41) is 2.75. The number of anilines is 2. The lowest BCUT2D eigenvalue weighted by atomic mass is 10.1. The van der Waals surface area contributed by atoms with Crippen LogP contribution in [-0.4, -0.2) is 41.8 Å². The van der Waals surface area contributed by atoms with E-state index in [2.05, 4.69) is 15.2 Å². The van der Waals surface area contributed by atoms with Crippen molar-refractivity contribution in [1.29, 1.82) is 0 Å². The number of H-pyrrole nitrogens is 1. The van der Waals surface area contributed by atoms with Crippen LogP contribution in [0.15, 0.2) is 36.5 Å². The summed E-state index contributed by atoms with van der Waals surface area (Å²) < 4.78 is 5.18. The summed E-state index contributed by atoms with van der Waals surface area (Å²) in [6, 6.07) is 9.08. The second kappa shape index (κ2) is 8.73. The van der Waals surface area contributed by atoms with Crippen LogP contribution in [0.25, 0.3) is 0 Å². The van der Waals surface area contributed by atoms with Gasteiger partial charge < -0.3 is 19.9 Å². The molecule has 2 N–H and O–H groups in total. The van der Waals surface area contributed by atoms with Crippen molar-refractivity contribution in [2.45, 2.75) is 39.2 Å². The molecular formula is C21H25N3O4. The van der Waals surface area contributed by atoms with Gasteiger partial charge in [-0.15, -0.1) is 0 Å². The summed E-state index contributed by atoms with van der Waals surface area (Å²) in [5.74, 6) is -1.26. The van der Waals surface area contributed by atoms with E-state index in [-0.39, 0.29) is 11.5 Å². The van der Waals surface area contributed by atoms with Gasteiger partial charge in [-0.1, -0.05) is 0 Å². The molecule has 148 valence electrons. The number of ether oxygens (including phenoxy) is 1. The van der Waals surface area contributed by atoms with Gasteiger partial charge in [0.1, 0.15) is 5.69 Å². The number of benzene rings is 1. The summed E-state index contributed by atoms with van der Waals surface area (Å²) in [5.41, 5.74) is 2.31. The summed E-state index contributed by atoms with van der Waals surface area (Å²) in [6.45, 7) is 5.03. The van der Waals surface area contributed by atoms with Crippen LogP contribution in [-0.2, 0) is 9.53 Å². The first kappa shape index (κ1) is 19.7. The van der Waals surface area contributed by atoms with E-state index in [1.54, 1.807) is 0 Å². The van der Waals surface area contributed by atoms with Crippen molar-refractivity contribution in [3.63, 3.8) is 0 Å². The van der Waals surface area contributed by atoms with Crippen LogP contribution in [0.3, 0.4) is 0 Å². The predicted octanol–water partition coefficient (Wildman–Crippen LogP) is 3.39. The number of hydrogen-bond acceptors (Lipinski definition) is 5. The number of nitrogens with zero attached hydrogens (tertiary/aromatic N) is 1. The third kappa shape index (κ3) is 4.79. The molecule has 1 aliphatic heterocycles. The molecule has 2 aromatic rings. The van der Waals surface area contributed by atoms with E-state index in [9.17, 15) is 14.4 Å². The number of carbonyl (C=O) groups excluding carboxylic acids is 3. The van der Waals surface area contributed by atoms with Crippen LogP contribution in [0.2, 0.25) is 0 Å². The maximum atomic E-state index is 12.3. The Labute approximate surface area is 164 Å². The Bertz CT molecular complexity index is 851. The lowest BCUT2D eigenvalue weighted by Crippen LogP contribution is -2.30. The van der Waals surface area contributed by atoms with Gasteiger partial charge in [0.15, 0.2) is 11.9 Å². The summed E-state index contributed by atoms with van der Waals surface area (Å²) >= 11 is 0. The topological polar surface area (TPSA) is 91.5 Å². The molecule has 0 bridgehead atoms. The first-order chi connectivity index (χ1) is 13.4. The maximum absolute atomic E-state index is 12.3. The normalized spacial score (nSPS) is 15.0. The van der Waals surface area contributed by atoms with Crippen LogP contribution in [0.1, 0.15) is 54.0 Å². The molecule has 1 saturated heterocycles. The number of hydrogen-bond donors (Lipinski definition) is 2. The van der Waals surface area contributed by atoms with Crippen molar-refractivity contribution in [3.8, 4) is 0 Å². The number of aromatic nitrogens is 1. The van der Waals surface area contributed by atoms with Crippen LogP contribution in [0.5, 0.6) is 0 Å². The SMILES string of the molecule is CC(=O)c1c[nH]c(C(=O)O[C@H](C)C(=O)Nc2ccc(N3CCCCC3)cc2)c1. The van der Waals surface area contributed by atoms with E-state index in [0.717, 1.165) is 18.8 Å². The van der Waals surface area contributed by atoms with E-state index < -0.39 is 18.0 Å². The Morgan fingerprint density at radius 2 is 1.79 bits per heavy atom. The lowest BCUT2D eigenvalue weighted by molar-refractivity contribution is -0.123. The van der Waals surface area contributed by atoms with Gasteiger partial charge in [-0.05, 0) is 63.4 Å². The van der Waals surface area contributed by atoms with E-state index in [4.69, 9.17) is 4.74 Å². The first-order valence-electron chi connectivity index (χ1n) is 9.50. The summed E-state index contributed by atoms with van der Waals surface area (Å²) in [7, 11) is 0. The molecule has 1 aliphatic rings. The van der Waals surface area contributed by atoms with E-state index >= 15 is 0 Å². The second-order valence-electron chi connectivity index (χ2n) is 6.99. The van der Waals surface area contributed by atoms with E-state index in [1.807, 2.05) is 24.3 Å². The number of amides is 1. The van der Waals surface area contributed by atoms with Crippen molar-refractivity contribution in [3.05, 3.63) is 47.8 Å². The molecule has 1 amide bonds. The fraction of sp³-hybridized carbons (Fsp3) is 0.381. The zero-order chi connectivity index (χ0) is 20.1. The highest BCUT2D eigenvalue weighted by atomic mass is 16.5. The fourth-order valence-electron chi connectivity index (χ4n) is 3.14. The van der Waals surface area contributed by atoms with Gasteiger partial charge in [0.25, 0.3) is 5.91 Å². The highest BCUT2D eigenvalue weighted by Crippen LogP contribution is 2.22. The van der Waals surface area contributed by atoms with Crippen molar-refractivity contribution in [1.82, 2.24) is 4.98 Å². The Kier molecular flexibility index (Phi) is 6.13. The number of ketones is 1. The number of aromatic amines is 1. The van der Waals surface area contributed by atoms with Gasteiger partial charge in [0.2, 0.25) is 0 Å². The minimum absolute atomic E-state index is 0.135. The van der Waals surface area contributed by atoms with Gasteiger partial charge >= 0.3 is 5.97 Å². The number of carbonyl (C=O) groups is 3. The molecule has 1 aromatic carbocycles. The minimum Gasteiger partial charge on any atom is -0.448 e. The molecule has 7 heteroatoms. The molecule has 1 atom stereocenters. The molecule has 2 heterocycles. The molecule has 7 nitrogen and oxygen atoms in total. The van der Waals surface area contributed by atoms with Gasteiger partial charge in [-0.25, -0.2) is 4.79 Å². The zero-order valence-electron chi connectivity index (χ0n) is 16.2. The summed E-state index contributed by atoms with van der Waals surface area (Å²) in [4.78, 5) is 40.8. The van der Waals surface area contributed by atoms with Crippen LogP contribution in [0, 0.1) is 0 Å². The molecule has 0 radical (unpaired) electrons. The Hall–Kier alpha value is -3.09. The summed E-state index contributed by atoms with van der Waals surface area (Å²) in [6.07, 6.45) is 4.15.